The Labute approximate surface area is 163 Å². The molecule has 1 saturated heterocycles. The number of hydrogen-bond donors (Lipinski definition) is 1. The van der Waals surface area contributed by atoms with Gasteiger partial charge in [0.25, 0.3) is 0 Å². The number of halogens is 2. The van der Waals surface area contributed by atoms with E-state index in [2.05, 4.69) is 22.5 Å². The lowest BCUT2D eigenvalue weighted by atomic mass is 10.1. The molecular formula is C21H24F2N2OS. The molecule has 0 aromatic heterocycles. The number of aryl methyl sites for hydroxylation is 1. The molecule has 2 aromatic rings. The first kappa shape index (κ1) is 19.7. The summed E-state index contributed by atoms with van der Waals surface area (Å²) in [5.41, 5.74) is 2.17. The van der Waals surface area contributed by atoms with Gasteiger partial charge in [-0.2, -0.15) is 0 Å². The fourth-order valence-corrected chi connectivity index (χ4v) is 3.76. The van der Waals surface area contributed by atoms with E-state index in [1.54, 1.807) is 30.2 Å². The lowest BCUT2D eigenvalue weighted by molar-refractivity contribution is 0.138. The lowest BCUT2D eigenvalue weighted by Crippen LogP contribution is -2.34. The van der Waals surface area contributed by atoms with Crippen LogP contribution in [0.25, 0.3) is 6.08 Å². The van der Waals surface area contributed by atoms with Crippen LogP contribution in [-0.4, -0.2) is 29.8 Å². The highest BCUT2D eigenvalue weighted by molar-refractivity contribution is 7.96. The zero-order chi connectivity index (χ0) is 19.4. The summed E-state index contributed by atoms with van der Waals surface area (Å²) in [5, 5.41) is 2.98. The summed E-state index contributed by atoms with van der Waals surface area (Å²) >= 11 is 1.73. The summed E-state index contributed by atoms with van der Waals surface area (Å²) in [7, 11) is 0. The molecule has 3 nitrogen and oxygen atoms in total. The predicted molar refractivity (Wildman–Crippen MR) is 110 cm³/mol. The van der Waals surface area contributed by atoms with Crippen LogP contribution in [-0.2, 0) is 0 Å². The van der Waals surface area contributed by atoms with Gasteiger partial charge in [-0.3, -0.25) is 4.31 Å². The number of ether oxygens (including phenoxy) is 1. The second-order valence-corrected chi connectivity index (χ2v) is 7.49. The van der Waals surface area contributed by atoms with Crippen LogP contribution in [0.5, 0.6) is 5.75 Å². The molecule has 1 heterocycles. The van der Waals surface area contributed by atoms with E-state index in [0.717, 1.165) is 31.5 Å². The van der Waals surface area contributed by atoms with E-state index < -0.39 is 5.82 Å². The van der Waals surface area contributed by atoms with Crippen molar-refractivity contribution >= 4 is 29.4 Å². The number of hydrogen-bond acceptors (Lipinski definition) is 4. The van der Waals surface area contributed by atoms with Crippen molar-refractivity contribution in [2.75, 3.05) is 24.7 Å². The summed E-state index contributed by atoms with van der Waals surface area (Å²) in [4.78, 5) is 0. The van der Waals surface area contributed by atoms with E-state index >= 15 is 0 Å². The van der Waals surface area contributed by atoms with E-state index in [-0.39, 0.29) is 17.6 Å². The molecule has 0 saturated carbocycles. The van der Waals surface area contributed by atoms with Gasteiger partial charge < -0.3 is 10.1 Å². The molecule has 0 unspecified atom stereocenters. The monoisotopic (exact) mass is 390 g/mol. The number of rotatable bonds is 6. The zero-order valence-corrected chi connectivity index (χ0v) is 16.4. The Balaban J connectivity index is 1.84. The molecule has 0 aliphatic carbocycles. The van der Waals surface area contributed by atoms with Crippen LogP contribution >= 0.6 is 11.9 Å². The van der Waals surface area contributed by atoms with Gasteiger partial charge in [-0.25, -0.2) is 8.78 Å². The quantitative estimate of drug-likeness (QED) is 0.632. The molecule has 0 radical (unpaired) electrons. The first-order valence-corrected chi connectivity index (χ1v) is 10.1. The first-order valence-electron chi connectivity index (χ1n) is 8.95. The van der Waals surface area contributed by atoms with Crippen LogP contribution in [0.4, 0.5) is 20.2 Å². The van der Waals surface area contributed by atoms with Crippen LogP contribution in [0.3, 0.4) is 0 Å². The molecule has 0 amide bonds. The number of piperidine rings is 1. The van der Waals surface area contributed by atoms with Gasteiger partial charge in [0.1, 0.15) is 23.5 Å². The van der Waals surface area contributed by atoms with Crippen molar-refractivity contribution in [2.24, 2.45) is 0 Å². The maximum Gasteiger partial charge on any atom is 0.146 e. The highest BCUT2D eigenvalue weighted by atomic mass is 32.2. The molecule has 1 fully saturated rings. The summed E-state index contributed by atoms with van der Waals surface area (Å²) < 4.78 is 36.8. The number of anilines is 2. The van der Waals surface area contributed by atoms with Crippen molar-refractivity contribution in [1.29, 1.82) is 0 Å². The van der Waals surface area contributed by atoms with Gasteiger partial charge in [0, 0.05) is 24.7 Å². The van der Waals surface area contributed by atoms with Crippen molar-refractivity contribution in [1.82, 2.24) is 4.31 Å². The SMILES string of the molecule is C=Cc1c(Nc2ccc(C)cc2F)cc(F)cc1OC1CCN(SC)CC1. The molecule has 0 spiro atoms. The second-order valence-electron chi connectivity index (χ2n) is 6.61. The number of benzene rings is 2. The Bertz CT molecular complexity index is 820. The standard InChI is InChI=1S/C21H24F2N2OS/c1-4-17-20(24-19-6-5-14(2)11-18(19)23)12-15(22)13-21(17)26-16-7-9-25(27-3)10-8-16/h4-6,11-13,16,24H,1,7-10H2,2-3H3. The smallest absolute Gasteiger partial charge is 0.146 e. The van der Waals surface area contributed by atoms with E-state index in [0.29, 0.717) is 17.0 Å². The van der Waals surface area contributed by atoms with Crippen LogP contribution in [0.15, 0.2) is 36.9 Å². The summed E-state index contributed by atoms with van der Waals surface area (Å²) in [6, 6.07) is 7.58. The summed E-state index contributed by atoms with van der Waals surface area (Å²) in [6.07, 6.45) is 5.45. The largest absolute Gasteiger partial charge is 0.490 e. The normalized spacial score (nSPS) is 15.6. The topological polar surface area (TPSA) is 24.5 Å². The third-order valence-electron chi connectivity index (χ3n) is 4.66. The van der Waals surface area contributed by atoms with Crippen LogP contribution in [0, 0.1) is 18.6 Å². The second kappa shape index (κ2) is 8.76. The van der Waals surface area contributed by atoms with Crippen molar-refractivity contribution in [3.63, 3.8) is 0 Å². The Kier molecular flexibility index (Phi) is 6.39. The maximum absolute atomic E-state index is 14.2. The number of nitrogens with one attached hydrogen (secondary N) is 1. The van der Waals surface area contributed by atoms with Gasteiger partial charge in [-0.1, -0.05) is 30.7 Å². The molecule has 1 aliphatic heterocycles. The van der Waals surface area contributed by atoms with Crippen molar-refractivity contribution < 1.29 is 13.5 Å². The minimum absolute atomic E-state index is 0.0258. The fourth-order valence-electron chi connectivity index (χ4n) is 3.18. The van der Waals surface area contributed by atoms with Gasteiger partial charge in [-0.05, 0) is 49.8 Å². The van der Waals surface area contributed by atoms with Gasteiger partial charge >= 0.3 is 0 Å². The molecule has 1 N–H and O–H groups in total. The molecular weight excluding hydrogens is 366 g/mol. The Morgan fingerprint density at radius 3 is 2.56 bits per heavy atom. The highest BCUT2D eigenvalue weighted by Crippen LogP contribution is 2.34. The van der Waals surface area contributed by atoms with E-state index in [9.17, 15) is 8.78 Å². The average molecular weight is 390 g/mol. The third kappa shape index (κ3) is 4.82. The first-order chi connectivity index (χ1) is 13.0. The maximum atomic E-state index is 14.2. The highest BCUT2D eigenvalue weighted by Gasteiger charge is 2.22. The average Bonchev–Trinajstić information content (AvgIpc) is 2.64. The van der Waals surface area contributed by atoms with Gasteiger partial charge in [0.05, 0.1) is 11.4 Å². The van der Waals surface area contributed by atoms with Crippen molar-refractivity contribution in [2.45, 2.75) is 25.9 Å². The minimum atomic E-state index is -0.438. The van der Waals surface area contributed by atoms with Gasteiger partial charge in [0.2, 0.25) is 0 Å². The Morgan fingerprint density at radius 1 is 1.19 bits per heavy atom. The molecule has 1 aliphatic rings. The Hall–Kier alpha value is -2.05. The molecule has 144 valence electrons. The predicted octanol–water partition coefficient (Wildman–Crippen LogP) is 5.78. The molecule has 6 heteroatoms. The van der Waals surface area contributed by atoms with Crippen molar-refractivity contribution in [3.8, 4) is 5.75 Å². The van der Waals surface area contributed by atoms with Gasteiger partial charge in [0.15, 0.2) is 0 Å². The van der Waals surface area contributed by atoms with Crippen LogP contribution in [0.2, 0.25) is 0 Å². The van der Waals surface area contributed by atoms with Crippen molar-refractivity contribution in [3.05, 3.63) is 59.7 Å². The molecule has 3 rings (SSSR count). The van der Waals surface area contributed by atoms with Crippen LogP contribution < -0.4 is 10.1 Å². The molecule has 0 bridgehead atoms. The van der Waals surface area contributed by atoms with E-state index in [4.69, 9.17) is 4.74 Å². The molecule has 27 heavy (non-hydrogen) atoms. The van der Waals surface area contributed by atoms with Gasteiger partial charge in [-0.15, -0.1) is 0 Å². The Morgan fingerprint density at radius 2 is 1.93 bits per heavy atom. The third-order valence-corrected chi connectivity index (χ3v) is 5.54. The zero-order valence-electron chi connectivity index (χ0n) is 15.6. The lowest BCUT2D eigenvalue weighted by Gasteiger charge is -2.31. The van der Waals surface area contributed by atoms with E-state index in [1.165, 1.54) is 18.2 Å². The minimum Gasteiger partial charge on any atom is -0.490 e. The van der Waals surface area contributed by atoms with Crippen LogP contribution in [0.1, 0.15) is 24.0 Å². The summed E-state index contributed by atoms with van der Waals surface area (Å²) in [6.45, 7) is 7.52. The molecule has 2 aromatic carbocycles. The molecule has 0 atom stereocenters. The van der Waals surface area contributed by atoms with E-state index in [1.807, 2.05) is 6.92 Å². The summed E-state index contributed by atoms with van der Waals surface area (Å²) in [5.74, 6) is -0.393. The fraction of sp³-hybridized carbons (Fsp3) is 0.333. The number of nitrogens with zero attached hydrogens (tertiary/aromatic N) is 1.